The number of nitrogens with zero attached hydrogens (tertiary/aromatic N) is 2. The first-order chi connectivity index (χ1) is 5.24. The van der Waals surface area contributed by atoms with Gasteiger partial charge in [0.15, 0.2) is 4.73 Å². The van der Waals surface area contributed by atoms with Gasteiger partial charge in [0.1, 0.15) is 0 Å². The van der Waals surface area contributed by atoms with Crippen LogP contribution in [0.15, 0.2) is 10.9 Å². The van der Waals surface area contributed by atoms with Gasteiger partial charge in [-0.1, -0.05) is 6.92 Å². The van der Waals surface area contributed by atoms with Crippen molar-refractivity contribution in [3.8, 4) is 0 Å². The number of imidazole rings is 1. The fraction of sp³-hybridized carbons (Fsp3) is 0.571. The van der Waals surface area contributed by atoms with Crippen LogP contribution in [0.25, 0.3) is 0 Å². The number of hydrogen-bond donors (Lipinski definition) is 0. The van der Waals surface area contributed by atoms with Crippen LogP contribution in [0.1, 0.15) is 12.6 Å². The topological polar surface area (TPSA) is 17.8 Å². The first-order valence-corrected chi connectivity index (χ1v) is 5.44. The molecule has 0 bridgehead atoms. The Kier molecular flexibility index (Phi) is 3.45. The van der Waals surface area contributed by atoms with Gasteiger partial charge in [-0.25, -0.2) is 4.98 Å². The van der Waals surface area contributed by atoms with Crippen molar-refractivity contribution in [1.82, 2.24) is 9.55 Å². The van der Waals surface area contributed by atoms with Gasteiger partial charge in [-0.3, -0.25) is 0 Å². The van der Waals surface area contributed by atoms with E-state index in [2.05, 4.69) is 27.8 Å². The summed E-state index contributed by atoms with van der Waals surface area (Å²) in [5.74, 6) is 2.16. The SMILES string of the molecule is CCSCc1cn(C)c(Br)n1. The van der Waals surface area contributed by atoms with Crippen molar-refractivity contribution in [3.05, 3.63) is 16.6 Å². The molecule has 2 nitrogen and oxygen atoms in total. The van der Waals surface area contributed by atoms with E-state index in [1.165, 1.54) is 0 Å². The molecule has 1 aromatic heterocycles. The first-order valence-electron chi connectivity index (χ1n) is 3.49. The lowest BCUT2D eigenvalue weighted by Gasteiger charge is -1.90. The molecule has 0 aliphatic carbocycles. The zero-order chi connectivity index (χ0) is 8.27. The number of hydrogen-bond acceptors (Lipinski definition) is 2. The van der Waals surface area contributed by atoms with Gasteiger partial charge in [0.2, 0.25) is 0 Å². The molecule has 1 rings (SSSR count). The molecule has 1 heterocycles. The van der Waals surface area contributed by atoms with Crippen molar-refractivity contribution < 1.29 is 0 Å². The van der Waals surface area contributed by atoms with Gasteiger partial charge in [0.05, 0.1) is 5.69 Å². The molecular weight excluding hydrogens is 224 g/mol. The van der Waals surface area contributed by atoms with Gasteiger partial charge in [-0.05, 0) is 21.7 Å². The lowest BCUT2D eigenvalue weighted by molar-refractivity contribution is 0.881. The van der Waals surface area contributed by atoms with E-state index in [1.807, 2.05) is 29.6 Å². The predicted molar refractivity (Wildman–Crippen MR) is 52.7 cm³/mol. The highest BCUT2D eigenvalue weighted by atomic mass is 79.9. The summed E-state index contributed by atoms with van der Waals surface area (Å²) in [5, 5.41) is 0. The summed E-state index contributed by atoms with van der Waals surface area (Å²) >= 11 is 5.24. The lowest BCUT2D eigenvalue weighted by Crippen LogP contribution is -1.82. The highest BCUT2D eigenvalue weighted by Gasteiger charge is 2.00. The van der Waals surface area contributed by atoms with Gasteiger partial charge in [-0.15, -0.1) is 0 Å². The predicted octanol–water partition coefficient (Wildman–Crippen LogP) is 2.44. The molecule has 0 atom stereocenters. The Labute approximate surface area is 79.5 Å². The molecule has 11 heavy (non-hydrogen) atoms. The van der Waals surface area contributed by atoms with E-state index >= 15 is 0 Å². The summed E-state index contributed by atoms with van der Waals surface area (Å²) in [7, 11) is 1.98. The van der Waals surface area contributed by atoms with E-state index in [0.717, 1.165) is 21.9 Å². The van der Waals surface area contributed by atoms with Crippen LogP contribution in [0, 0.1) is 0 Å². The van der Waals surface area contributed by atoms with Gasteiger partial charge < -0.3 is 4.57 Å². The van der Waals surface area contributed by atoms with Crippen LogP contribution in [0.5, 0.6) is 0 Å². The van der Waals surface area contributed by atoms with Crippen LogP contribution >= 0.6 is 27.7 Å². The second-order valence-electron chi connectivity index (χ2n) is 2.25. The lowest BCUT2D eigenvalue weighted by atomic mass is 10.6. The Balaban J connectivity index is 2.58. The molecule has 4 heteroatoms. The second kappa shape index (κ2) is 4.16. The maximum absolute atomic E-state index is 4.31. The Bertz CT molecular complexity index is 215. The largest absolute Gasteiger partial charge is 0.328 e. The average Bonchev–Trinajstić information content (AvgIpc) is 2.28. The molecule has 0 fully saturated rings. The molecule has 0 amide bonds. The van der Waals surface area contributed by atoms with E-state index in [4.69, 9.17) is 0 Å². The molecule has 0 aliphatic heterocycles. The minimum absolute atomic E-state index is 0.907. The number of thioether (sulfide) groups is 1. The molecule has 0 unspecified atom stereocenters. The Hall–Kier alpha value is 0.0400. The third-order valence-corrected chi connectivity index (χ3v) is 2.97. The highest BCUT2D eigenvalue weighted by Crippen LogP contribution is 2.13. The molecule has 0 aliphatic rings. The van der Waals surface area contributed by atoms with Crippen molar-refractivity contribution in [2.45, 2.75) is 12.7 Å². The first kappa shape index (κ1) is 9.13. The standard InChI is InChI=1S/C7H11BrN2S/c1-3-11-5-6-4-10(2)7(8)9-6/h4H,3,5H2,1-2H3. The zero-order valence-electron chi connectivity index (χ0n) is 6.67. The molecule has 0 saturated carbocycles. The Morgan fingerprint density at radius 2 is 2.45 bits per heavy atom. The van der Waals surface area contributed by atoms with E-state index in [9.17, 15) is 0 Å². The molecule has 0 aromatic carbocycles. The van der Waals surface area contributed by atoms with Crippen LogP contribution in [0.3, 0.4) is 0 Å². The fourth-order valence-electron chi connectivity index (χ4n) is 0.779. The summed E-state index contributed by atoms with van der Waals surface area (Å²) < 4.78 is 2.88. The molecule has 1 aromatic rings. The van der Waals surface area contributed by atoms with Crippen LogP contribution in [-0.2, 0) is 12.8 Å². The number of rotatable bonds is 3. The smallest absolute Gasteiger partial charge is 0.177 e. The summed E-state index contributed by atoms with van der Waals surface area (Å²) in [6.45, 7) is 2.16. The van der Waals surface area contributed by atoms with Gasteiger partial charge in [-0.2, -0.15) is 11.8 Å². The summed E-state index contributed by atoms with van der Waals surface area (Å²) in [6, 6.07) is 0. The van der Waals surface area contributed by atoms with E-state index in [-0.39, 0.29) is 0 Å². The Morgan fingerprint density at radius 1 is 1.73 bits per heavy atom. The quantitative estimate of drug-likeness (QED) is 0.800. The third kappa shape index (κ3) is 2.52. The molecule has 0 saturated heterocycles. The molecule has 62 valence electrons. The zero-order valence-corrected chi connectivity index (χ0v) is 9.07. The van der Waals surface area contributed by atoms with Crippen molar-refractivity contribution in [2.24, 2.45) is 7.05 Å². The van der Waals surface area contributed by atoms with Crippen LogP contribution in [-0.4, -0.2) is 15.3 Å². The number of halogens is 1. The minimum atomic E-state index is 0.907. The van der Waals surface area contributed by atoms with Crippen LogP contribution in [0.2, 0.25) is 0 Å². The van der Waals surface area contributed by atoms with Crippen molar-refractivity contribution in [3.63, 3.8) is 0 Å². The highest BCUT2D eigenvalue weighted by molar-refractivity contribution is 9.10. The summed E-state index contributed by atoms with van der Waals surface area (Å²) in [4.78, 5) is 4.31. The van der Waals surface area contributed by atoms with Gasteiger partial charge in [0.25, 0.3) is 0 Å². The van der Waals surface area contributed by atoms with Gasteiger partial charge in [0, 0.05) is 19.0 Å². The maximum atomic E-state index is 4.31. The second-order valence-corrected chi connectivity index (χ2v) is 4.23. The minimum Gasteiger partial charge on any atom is -0.328 e. The van der Waals surface area contributed by atoms with Crippen LogP contribution in [0.4, 0.5) is 0 Å². The van der Waals surface area contributed by atoms with E-state index < -0.39 is 0 Å². The number of aryl methyl sites for hydroxylation is 1. The van der Waals surface area contributed by atoms with Crippen LogP contribution < -0.4 is 0 Å². The molecule has 0 N–H and O–H groups in total. The Morgan fingerprint density at radius 3 is 2.91 bits per heavy atom. The molecule has 0 spiro atoms. The molecular formula is C7H11BrN2S. The van der Waals surface area contributed by atoms with Crippen molar-refractivity contribution >= 4 is 27.7 Å². The van der Waals surface area contributed by atoms with Crippen molar-refractivity contribution in [2.75, 3.05) is 5.75 Å². The van der Waals surface area contributed by atoms with E-state index in [1.54, 1.807) is 0 Å². The monoisotopic (exact) mass is 234 g/mol. The average molecular weight is 235 g/mol. The molecule has 0 radical (unpaired) electrons. The van der Waals surface area contributed by atoms with Gasteiger partial charge >= 0.3 is 0 Å². The van der Waals surface area contributed by atoms with Crippen molar-refractivity contribution in [1.29, 1.82) is 0 Å². The third-order valence-electron chi connectivity index (χ3n) is 1.32. The number of aromatic nitrogens is 2. The normalized spacial score (nSPS) is 10.5. The maximum Gasteiger partial charge on any atom is 0.177 e. The van der Waals surface area contributed by atoms with E-state index in [0.29, 0.717) is 0 Å². The summed E-state index contributed by atoms with van der Waals surface area (Å²) in [5.41, 5.74) is 1.14. The summed E-state index contributed by atoms with van der Waals surface area (Å²) in [6.07, 6.45) is 2.05. The fourth-order valence-corrected chi connectivity index (χ4v) is 1.66.